The molecule has 20 heavy (non-hydrogen) atoms. The van der Waals surface area contributed by atoms with E-state index in [4.69, 9.17) is 19.2 Å². The molecule has 1 aromatic carbocycles. The quantitative estimate of drug-likeness (QED) is 0.800. The Bertz CT molecular complexity index is 681. The minimum atomic E-state index is -0.811. The van der Waals surface area contributed by atoms with E-state index in [1.807, 2.05) is 19.1 Å². The molecule has 5 nitrogen and oxygen atoms in total. The molecule has 0 aliphatic rings. The fourth-order valence-electron chi connectivity index (χ4n) is 1.89. The lowest BCUT2D eigenvalue weighted by Crippen LogP contribution is -2.13. The number of nitrogens with zero attached hydrogens (tertiary/aromatic N) is 1. The molecule has 0 aliphatic heterocycles. The van der Waals surface area contributed by atoms with Crippen molar-refractivity contribution in [1.82, 2.24) is 0 Å². The lowest BCUT2D eigenvalue weighted by molar-refractivity contribution is 0.0400. The highest BCUT2D eigenvalue weighted by Crippen LogP contribution is 2.29. The second-order valence-electron chi connectivity index (χ2n) is 4.32. The first-order valence-electron chi connectivity index (χ1n) is 6.33. The van der Waals surface area contributed by atoms with Crippen LogP contribution in [0.1, 0.15) is 30.0 Å². The van der Waals surface area contributed by atoms with E-state index in [0.717, 1.165) is 5.39 Å². The molecule has 1 heterocycles. The molecule has 2 rings (SSSR count). The Balaban J connectivity index is 2.38. The van der Waals surface area contributed by atoms with Crippen LogP contribution in [-0.2, 0) is 4.74 Å². The highest BCUT2D eigenvalue weighted by molar-refractivity contribution is 5.96. The number of esters is 1. The van der Waals surface area contributed by atoms with Gasteiger partial charge in [0.1, 0.15) is 17.4 Å². The van der Waals surface area contributed by atoms with Crippen molar-refractivity contribution in [2.45, 2.75) is 26.9 Å². The summed E-state index contributed by atoms with van der Waals surface area (Å²) in [5, 5.41) is 9.46. The fraction of sp³-hybridized carbons (Fsp3) is 0.333. The van der Waals surface area contributed by atoms with Gasteiger partial charge in [0, 0.05) is 10.9 Å². The number of fused-ring (bicyclic) bond motifs is 1. The highest BCUT2D eigenvalue weighted by Gasteiger charge is 2.21. The van der Waals surface area contributed by atoms with Crippen molar-refractivity contribution in [2.24, 2.45) is 0 Å². The molecule has 0 amide bonds. The van der Waals surface area contributed by atoms with Crippen molar-refractivity contribution < 1.29 is 18.7 Å². The summed E-state index contributed by atoms with van der Waals surface area (Å²) in [5.41, 5.74) is 1.26. The zero-order valence-electron chi connectivity index (χ0n) is 11.6. The first-order chi connectivity index (χ1) is 9.56. The predicted octanol–water partition coefficient (Wildman–Crippen LogP) is 3.21. The minimum Gasteiger partial charge on any atom is -0.494 e. The molecule has 0 saturated carbocycles. The third kappa shape index (κ3) is 2.59. The van der Waals surface area contributed by atoms with Crippen molar-refractivity contribution in [3.05, 3.63) is 29.5 Å². The number of carbonyl (C=O) groups is 1. The average molecular weight is 273 g/mol. The van der Waals surface area contributed by atoms with Gasteiger partial charge in [0.25, 0.3) is 0 Å². The Labute approximate surface area is 116 Å². The lowest BCUT2D eigenvalue weighted by atomic mass is 10.1. The Morgan fingerprint density at radius 1 is 1.50 bits per heavy atom. The number of benzene rings is 1. The van der Waals surface area contributed by atoms with E-state index < -0.39 is 12.1 Å². The van der Waals surface area contributed by atoms with Crippen molar-refractivity contribution >= 4 is 16.9 Å². The monoisotopic (exact) mass is 273 g/mol. The summed E-state index contributed by atoms with van der Waals surface area (Å²) in [6, 6.07) is 7.19. The van der Waals surface area contributed by atoms with Gasteiger partial charge in [0.05, 0.1) is 6.61 Å². The highest BCUT2D eigenvalue weighted by atomic mass is 16.6. The van der Waals surface area contributed by atoms with Crippen LogP contribution < -0.4 is 4.74 Å². The normalized spacial score (nSPS) is 11.9. The zero-order chi connectivity index (χ0) is 14.7. The number of hydrogen-bond donors (Lipinski definition) is 0. The molecule has 1 atom stereocenters. The summed E-state index contributed by atoms with van der Waals surface area (Å²) < 4.78 is 15.9. The van der Waals surface area contributed by atoms with Gasteiger partial charge in [-0.25, -0.2) is 4.79 Å². The number of ether oxygens (including phenoxy) is 2. The van der Waals surface area contributed by atoms with E-state index in [-0.39, 0.29) is 5.76 Å². The predicted molar refractivity (Wildman–Crippen MR) is 72.6 cm³/mol. The molecule has 2 aromatic rings. The molecule has 0 bridgehead atoms. The fourth-order valence-corrected chi connectivity index (χ4v) is 1.89. The molecule has 0 N–H and O–H groups in total. The van der Waals surface area contributed by atoms with Gasteiger partial charge in [0.2, 0.25) is 5.76 Å². The van der Waals surface area contributed by atoms with Crippen molar-refractivity contribution in [3.63, 3.8) is 0 Å². The number of furan rings is 1. The Kier molecular flexibility index (Phi) is 3.94. The molecule has 104 valence electrons. The molecule has 0 radical (unpaired) electrons. The second-order valence-corrected chi connectivity index (χ2v) is 4.32. The van der Waals surface area contributed by atoms with Crippen LogP contribution in [-0.4, -0.2) is 18.7 Å². The minimum absolute atomic E-state index is 0.121. The maximum absolute atomic E-state index is 11.9. The first kappa shape index (κ1) is 13.9. The van der Waals surface area contributed by atoms with E-state index >= 15 is 0 Å². The Morgan fingerprint density at radius 3 is 2.90 bits per heavy atom. The van der Waals surface area contributed by atoms with Gasteiger partial charge in [-0.2, -0.15) is 5.26 Å². The van der Waals surface area contributed by atoms with Gasteiger partial charge >= 0.3 is 5.97 Å². The molecule has 1 aromatic heterocycles. The van der Waals surface area contributed by atoms with Crippen molar-refractivity contribution in [2.75, 3.05) is 6.61 Å². The van der Waals surface area contributed by atoms with Gasteiger partial charge in [-0.3, -0.25) is 0 Å². The summed E-state index contributed by atoms with van der Waals surface area (Å²) in [6.45, 7) is 5.74. The van der Waals surface area contributed by atoms with Crippen LogP contribution in [0.4, 0.5) is 0 Å². The number of hydrogen-bond acceptors (Lipinski definition) is 5. The number of rotatable bonds is 4. The molecule has 0 saturated heterocycles. The van der Waals surface area contributed by atoms with Gasteiger partial charge in [-0.1, -0.05) is 0 Å². The van der Waals surface area contributed by atoms with Crippen molar-refractivity contribution in [1.29, 1.82) is 5.26 Å². The zero-order valence-corrected chi connectivity index (χ0v) is 11.6. The van der Waals surface area contributed by atoms with E-state index in [1.54, 1.807) is 19.1 Å². The van der Waals surface area contributed by atoms with E-state index in [1.165, 1.54) is 6.92 Å². The largest absolute Gasteiger partial charge is 0.494 e. The number of aryl methyl sites for hydroxylation is 1. The Hall–Kier alpha value is -2.48. The summed E-state index contributed by atoms with van der Waals surface area (Å²) in [7, 11) is 0. The summed E-state index contributed by atoms with van der Waals surface area (Å²) in [4.78, 5) is 11.9. The van der Waals surface area contributed by atoms with Gasteiger partial charge < -0.3 is 13.9 Å². The summed E-state index contributed by atoms with van der Waals surface area (Å²) >= 11 is 0. The topological polar surface area (TPSA) is 72.5 Å². The van der Waals surface area contributed by atoms with Gasteiger partial charge in [-0.15, -0.1) is 0 Å². The van der Waals surface area contributed by atoms with E-state index in [2.05, 4.69) is 0 Å². The van der Waals surface area contributed by atoms with Gasteiger partial charge in [0.15, 0.2) is 6.10 Å². The first-order valence-corrected chi connectivity index (χ1v) is 6.33. The molecular weight excluding hydrogens is 258 g/mol. The molecular formula is C15H15NO4. The molecule has 0 spiro atoms. The molecule has 1 unspecified atom stereocenters. The lowest BCUT2D eigenvalue weighted by Gasteiger charge is -2.03. The Morgan fingerprint density at radius 2 is 2.25 bits per heavy atom. The smallest absolute Gasteiger partial charge is 0.375 e. The maximum Gasteiger partial charge on any atom is 0.375 e. The second kappa shape index (κ2) is 5.66. The third-order valence-electron chi connectivity index (χ3n) is 2.87. The van der Waals surface area contributed by atoms with Crippen LogP contribution in [0.15, 0.2) is 22.6 Å². The molecule has 0 fully saturated rings. The van der Waals surface area contributed by atoms with Crippen LogP contribution in [0.3, 0.4) is 0 Å². The average Bonchev–Trinajstić information content (AvgIpc) is 2.76. The van der Waals surface area contributed by atoms with Crippen LogP contribution in [0, 0.1) is 18.3 Å². The summed E-state index contributed by atoms with van der Waals surface area (Å²) in [6.07, 6.45) is -0.811. The summed E-state index contributed by atoms with van der Waals surface area (Å²) in [5.74, 6) is 0.204. The van der Waals surface area contributed by atoms with Crippen LogP contribution >= 0.6 is 0 Å². The van der Waals surface area contributed by atoms with Crippen LogP contribution in [0.2, 0.25) is 0 Å². The van der Waals surface area contributed by atoms with Crippen molar-refractivity contribution in [3.8, 4) is 11.8 Å². The van der Waals surface area contributed by atoms with E-state index in [0.29, 0.717) is 23.5 Å². The molecule has 5 heteroatoms. The van der Waals surface area contributed by atoms with E-state index in [9.17, 15) is 4.79 Å². The standard InChI is InChI=1S/C15H15NO4/c1-4-18-11-5-6-13-12(7-11)10(3)14(20-13)15(17)19-9(2)8-16/h5-7,9H,4H2,1-3H3. The van der Waals surface area contributed by atoms with Crippen LogP contribution in [0.25, 0.3) is 11.0 Å². The molecule has 0 aliphatic carbocycles. The van der Waals surface area contributed by atoms with Gasteiger partial charge in [-0.05, 0) is 39.0 Å². The SMILES string of the molecule is CCOc1ccc2oc(C(=O)OC(C)C#N)c(C)c2c1. The third-order valence-corrected chi connectivity index (χ3v) is 2.87. The number of nitriles is 1. The number of carbonyl (C=O) groups excluding carboxylic acids is 1. The maximum atomic E-state index is 11.9. The van der Waals surface area contributed by atoms with Crippen LogP contribution in [0.5, 0.6) is 5.75 Å².